The van der Waals surface area contributed by atoms with Crippen molar-refractivity contribution < 1.29 is 9.53 Å². The molecule has 0 aliphatic carbocycles. The number of nitrogens with two attached hydrogens (primary N) is 1. The molecule has 1 unspecified atom stereocenters. The first-order chi connectivity index (χ1) is 9.12. The molecule has 1 aromatic rings. The zero-order valence-electron chi connectivity index (χ0n) is 11.8. The van der Waals surface area contributed by atoms with Crippen LogP contribution >= 0.6 is 0 Å². The van der Waals surface area contributed by atoms with Crippen LogP contribution in [0, 0.1) is 6.92 Å². The minimum atomic E-state index is -0.0813. The largest absolute Gasteiger partial charge is 0.383 e. The molecule has 0 fully saturated rings. The second-order valence-corrected chi connectivity index (χ2v) is 4.59. The fourth-order valence-corrected chi connectivity index (χ4v) is 1.98. The van der Waals surface area contributed by atoms with E-state index in [1.165, 1.54) is 0 Å². The van der Waals surface area contributed by atoms with E-state index in [1.54, 1.807) is 19.2 Å². The van der Waals surface area contributed by atoms with Gasteiger partial charge in [-0.05, 0) is 37.1 Å². The average Bonchev–Trinajstić information content (AvgIpc) is 2.39. The molecule has 1 rings (SSSR count). The van der Waals surface area contributed by atoms with Crippen LogP contribution in [0.5, 0.6) is 0 Å². The van der Waals surface area contributed by atoms with Crippen LogP contribution in [0.3, 0.4) is 0 Å². The van der Waals surface area contributed by atoms with Gasteiger partial charge in [0.15, 0.2) is 0 Å². The summed E-state index contributed by atoms with van der Waals surface area (Å²) < 4.78 is 5.11. The van der Waals surface area contributed by atoms with Gasteiger partial charge in [-0.2, -0.15) is 0 Å². The molecule has 0 spiro atoms. The first kappa shape index (κ1) is 15.5. The predicted octanol–water partition coefficient (Wildman–Crippen LogP) is 1.83. The number of carbonyl (C=O) groups excluding carboxylic acids is 1. The number of amides is 1. The number of anilines is 1. The van der Waals surface area contributed by atoms with Gasteiger partial charge in [0, 0.05) is 12.7 Å². The van der Waals surface area contributed by atoms with E-state index >= 15 is 0 Å². The molecule has 0 radical (unpaired) electrons. The third kappa shape index (κ3) is 4.54. The van der Waals surface area contributed by atoms with Gasteiger partial charge in [0.2, 0.25) is 0 Å². The van der Waals surface area contributed by atoms with Crippen LogP contribution in [-0.4, -0.2) is 25.7 Å². The molecule has 0 aliphatic heterocycles. The number of hydrogen-bond donors (Lipinski definition) is 3. The number of hydrogen-bond acceptors (Lipinski definition) is 4. The topological polar surface area (TPSA) is 76.4 Å². The summed E-state index contributed by atoms with van der Waals surface area (Å²) in [5, 5.41) is 2.98. The van der Waals surface area contributed by atoms with E-state index in [2.05, 4.69) is 17.7 Å². The molecule has 106 valence electrons. The van der Waals surface area contributed by atoms with Gasteiger partial charge in [0.25, 0.3) is 5.91 Å². The van der Waals surface area contributed by atoms with Crippen LogP contribution in [0.2, 0.25) is 0 Å². The summed E-state index contributed by atoms with van der Waals surface area (Å²) in [5.74, 6) is 5.29. The highest BCUT2D eigenvalue weighted by molar-refractivity contribution is 5.95. The second-order valence-electron chi connectivity index (χ2n) is 4.59. The van der Waals surface area contributed by atoms with Crippen molar-refractivity contribution in [3.63, 3.8) is 0 Å². The summed E-state index contributed by atoms with van der Waals surface area (Å²) in [4.78, 5) is 12.1. The highest BCUT2D eigenvalue weighted by Gasteiger charge is 2.13. The molecule has 1 aromatic carbocycles. The molecular formula is C14H23N3O2. The maximum absolute atomic E-state index is 12.1. The Kier molecular flexibility index (Phi) is 6.32. The van der Waals surface area contributed by atoms with Crippen molar-refractivity contribution >= 4 is 11.6 Å². The van der Waals surface area contributed by atoms with Crippen LogP contribution < -0.4 is 16.6 Å². The van der Waals surface area contributed by atoms with Crippen LogP contribution in [0.1, 0.15) is 35.7 Å². The predicted molar refractivity (Wildman–Crippen MR) is 77.0 cm³/mol. The number of benzene rings is 1. The second kappa shape index (κ2) is 7.76. The Hall–Kier alpha value is -1.59. The fraction of sp³-hybridized carbons (Fsp3) is 0.500. The van der Waals surface area contributed by atoms with Crippen molar-refractivity contribution in [2.45, 2.75) is 32.7 Å². The molecule has 5 nitrogen and oxygen atoms in total. The van der Waals surface area contributed by atoms with E-state index in [4.69, 9.17) is 10.6 Å². The van der Waals surface area contributed by atoms with E-state index < -0.39 is 0 Å². The third-order valence-corrected chi connectivity index (χ3v) is 2.98. The summed E-state index contributed by atoms with van der Waals surface area (Å²) in [6.07, 6.45) is 1.91. The molecular weight excluding hydrogens is 242 g/mol. The zero-order chi connectivity index (χ0) is 14.3. The van der Waals surface area contributed by atoms with Crippen LogP contribution in [0.15, 0.2) is 18.2 Å². The molecule has 19 heavy (non-hydrogen) atoms. The zero-order valence-corrected chi connectivity index (χ0v) is 11.8. The summed E-state index contributed by atoms with van der Waals surface area (Å²) in [6, 6.07) is 5.43. The molecule has 0 heterocycles. The van der Waals surface area contributed by atoms with Gasteiger partial charge < -0.3 is 15.5 Å². The van der Waals surface area contributed by atoms with Gasteiger partial charge in [-0.15, -0.1) is 0 Å². The van der Waals surface area contributed by atoms with Crippen molar-refractivity contribution in [3.05, 3.63) is 29.3 Å². The molecule has 0 saturated heterocycles. The van der Waals surface area contributed by atoms with E-state index in [1.807, 2.05) is 13.0 Å². The van der Waals surface area contributed by atoms with Gasteiger partial charge in [-0.25, -0.2) is 0 Å². The quantitative estimate of drug-likeness (QED) is 0.519. The van der Waals surface area contributed by atoms with Crippen LogP contribution in [0.25, 0.3) is 0 Å². The Morgan fingerprint density at radius 1 is 1.47 bits per heavy atom. The number of aryl methyl sites for hydroxylation is 1. The summed E-state index contributed by atoms with van der Waals surface area (Å²) in [5.41, 5.74) is 4.98. The Morgan fingerprint density at radius 2 is 2.21 bits per heavy atom. The smallest absolute Gasteiger partial charge is 0.251 e. The van der Waals surface area contributed by atoms with Crippen molar-refractivity contribution in [2.24, 2.45) is 5.84 Å². The van der Waals surface area contributed by atoms with Gasteiger partial charge >= 0.3 is 0 Å². The molecule has 1 atom stereocenters. The minimum Gasteiger partial charge on any atom is -0.383 e. The lowest BCUT2D eigenvalue weighted by Crippen LogP contribution is -2.37. The molecule has 0 saturated carbocycles. The van der Waals surface area contributed by atoms with Gasteiger partial charge in [0.05, 0.1) is 18.3 Å². The maximum atomic E-state index is 12.1. The number of ether oxygens (including phenoxy) is 1. The SMILES string of the molecule is CCCC(COC)NC(=O)c1ccc(NN)c(C)c1. The van der Waals surface area contributed by atoms with Crippen molar-refractivity contribution in [3.8, 4) is 0 Å². The fourth-order valence-electron chi connectivity index (χ4n) is 1.98. The maximum Gasteiger partial charge on any atom is 0.251 e. The lowest BCUT2D eigenvalue weighted by Gasteiger charge is -2.17. The normalized spacial score (nSPS) is 12.0. The lowest BCUT2D eigenvalue weighted by molar-refractivity contribution is 0.0891. The van der Waals surface area contributed by atoms with E-state index in [-0.39, 0.29) is 11.9 Å². The van der Waals surface area contributed by atoms with Gasteiger partial charge in [0.1, 0.15) is 0 Å². The number of carbonyl (C=O) groups is 1. The standard InChI is InChI=1S/C14H23N3O2/c1-4-5-12(9-19-3)16-14(18)11-6-7-13(17-15)10(2)8-11/h6-8,12,17H,4-5,9,15H2,1-3H3,(H,16,18). The van der Waals surface area contributed by atoms with Gasteiger partial charge in [-0.1, -0.05) is 13.3 Å². The first-order valence-corrected chi connectivity index (χ1v) is 6.49. The summed E-state index contributed by atoms with van der Waals surface area (Å²) >= 11 is 0. The molecule has 5 heteroatoms. The number of rotatable bonds is 7. The Morgan fingerprint density at radius 3 is 2.74 bits per heavy atom. The Labute approximate surface area is 114 Å². The lowest BCUT2D eigenvalue weighted by atomic mass is 10.1. The number of nitrogen functional groups attached to an aromatic ring is 1. The van der Waals surface area contributed by atoms with Crippen molar-refractivity contribution in [1.29, 1.82) is 0 Å². The van der Waals surface area contributed by atoms with Crippen LogP contribution in [0.4, 0.5) is 5.69 Å². The minimum absolute atomic E-state index is 0.0510. The molecule has 0 aromatic heterocycles. The van der Waals surface area contributed by atoms with Crippen LogP contribution in [-0.2, 0) is 4.74 Å². The number of methoxy groups -OCH3 is 1. The molecule has 0 bridgehead atoms. The average molecular weight is 265 g/mol. The van der Waals surface area contributed by atoms with Gasteiger partial charge in [-0.3, -0.25) is 10.6 Å². The van der Waals surface area contributed by atoms with E-state index in [0.29, 0.717) is 12.2 Å². The van der Waals surface area contributed by atoms with E-state index in [9.17, 15) is 4.79 Å². The van der Waals surface area contributed by atoms with Crippen molar-refractivity contribution in [2.75, 3.05) is 19.1 Å². The van der Waals surface area contributed by atoms with E-state index in [0.717, 1.165) is 24.1 Å². The number of hydrazine groups is 1. The molecule has 1 amide bonds. The summed E-state index contributed by atoms with van der Waals surface area (Å²) in [7, 11) is 1.64. The monoisotopic (exact) mass is 265 g/mol. The summed E-state index contributed by atoms with van der Waals surface area (Å²) in [6.45, 7) is 4.52. The Balaban J connectivity index is 2.73. The molecule has 4 N–H and O–H groups in total. The highest BCUT2D eigenvalue weighted by atomic mass is 16.5. The molecule has 0 aliphatic rings. The first-order valence-electron chi connectivity index (χ1n) is 6.49. The Bertz CT molecular complexity index is 415. The van der Waals surface area contributed by atoms with Crippen molar-refractivity contribution in [1.82, 2.24) is 5.32 Å². The third-order valence-electron chi connectivity index (χ3n) is 2.98. The number of nitrogens with one attached hydrogen (secondary N) is 2. The highest BCUT2D eigenvalue weighted by Crippen LogP contribution is 2.15.